The van der Waals surface area contributed by atoms with Crippen LogP contribution in [0.1, 0.15) is 37.3 Å². The van der Waals surface area contributed by atoms with Crippen LogP contribution in [0.2, 0.25) is 0 Å². The molecule has 0 spiro atoms. The van der Waals surface area contributed by atoms with Crippen molar-refractivity contribution in [3.8, 4) is 11.5 Å². The smallest absolute Gasteiger partial charge is 0.328 e. The molecule has 34 heavy (non-hydrogen) atoms. The van der Waals surface area contributed by atoms with Gasteiger partial charge in [-0.15, -0.1) is 0 Å². The minimum Gasteiger partial charge on any atom is -0.467 e. The highest BCUT2D eigenvalue weighted by molar-refractivity contribution is 5.90. The number of ether oxygens (including phenoxy) is 3. The molecule has 0 fully saturated rings. The number of benzene rings is 2. The van der Waals surface area contributed by atoms with Crippen LogP contribution in [0.25, 0.3) is 10.9 Å². The number of amides is 1. The monoisotopic (exact) mass is 466 g/mol. The average Bonchev–Trinajstić information content (AvgIpc) is 3.44. The van der Waals surface area contributed by atoms with Crippen molar-refractivity contribution in [3.05, 3.63) is 59.8 Å². The number of aliphatic hydroxyl groups excluding tert-OH is 1. The lowest BCUT2D eigenvalue weighted by Crippen LogP contribution is -2.47. The molecule has 3 atom stereocenters. The Kier molecular flexibility index (Phi) is 7.07. The summed E-state index contributed by atoms with van der Waals surface area (Å²) in [5, 5.41) is 14.8. The fourth-order valence-corrected chi connectivity index (χ4v) is 4.39. The lowest BCUT2D eigenvalue weighted by molar-refractivity contribution is -0.145. The molecule has 180 valence electrons. The van der Waals surface area contributed by atoms with E-state index >= 15 is 0 Å². The minimum atomic E-state index is -0.952. The Hall–Kier alpha value is -3.52. The summed E-state index contributed by atoms with van der Waals surface area (Å²) < 4.78 is 15.8. The van der Waals surface area contributed by atoms with Crippen molar-refractivity contribution in [2.24, 2.45) is 5.92 Å². The number of aliphatic hydroxyl groups is 1. The van der Waals surface area contributed by atoms with E-state index in [1.54, 1.807) is 18.2 Å². The Morgan fingerprint density at radius 3 is 2.68 bits per heavy atom. The molecule has 8 heteroatoms. The predicted molar refractivity (Wildman–Crippen MR) is 127 cm³/mol. The maximum Gasteiger partial charge on any atom is 0.328 e. The highest BCUT2D eigenvalue weighted by atomic mass is 16.7. The van der Waals surface area contributed by atoms with Gasteiger partial charge in [0.05, 0.1) is 19.1 Å². The van der Waals surface area contributed by atoms with Gasteiger partial charge in [0.25, 0.3) is 0 Å². The van der Waals surface area contributed by atoms with Crippen LogP contribution in [0, 0.1) is 5.92 Å². The number of carbonyl (C=O) groups is 2. The predicted octanol–water partition coefficient (Wildman–Crippen LogP) is 3.29. The number of methoxy groups -OCH3 is 1. The molecule has 2 heterocycles. The summed E-state index contributed by atoms with van der Waals surface area (Å²) >= 11 is 0. The van der Waals surface area contributed by atoms with Crippen molar-refractivity contribution < 1.29 is 28.9 Å². The van der Waals surface area contributed by atoms with Crippen molar-refractivity contribution in [1.29, 1.82) is 0 Å². The van der Waals surface area contributed by atoms with Crippen LogP contribution >= 0.6 is 0 Å². The summed E-state index contributed by atoms with van der Waals surface area (Å²) in [6, 6.07) is 12.0. The number of aromatic amines is 1. The van der Waals surface area contributed by atoms with Gasteiger partial charge < -0.3 is 29.6 Å². The number of esters is 1. The molecule has 1 aliphatic rings. The minimum absolute atomic E-state index is 0.110. The topological polar surface area (TPSA) is 110 Å². The second kappa shape index (κ2) is 10.2. The largest absolute Gasteiger partial charge is 0.467 e. The average molecular weight is 467 g/mol. The molecule has 1 amide bonds. The van der Waals surface area contributed by atoms with Crippen LogP contribution in [0.5, 0.6) is 11.5 Å². The highest BCUT2D eigenvalue weighted by Gasteiger charge is 2.34. The summed E-state index contributed by atoms with van der Waals surface area (Å²) in [6.07, 6.45) is 1.54. The summed E-state index contributed by atoms with van der Waals surface area (Å²) in [6.45, 7) is 4.07. The van der Waals surface area contributed by atoms with Crippen LogP contribution in [0.15, 0.2) is 48.7 Å². The number of hydrogen-bond donors (Lipinski definition) is 3. The molecule has 0 aliphatic carbocycles. The van der Waals surface area contributed by atoms with Crippen molar-refractivity contribution in [1.82, 2.24) is 10.3 Å². The molecule has 0 saturated heterocycles. The van der Waals surface area contributed by atoms with Gasteiger partial charge in [0.15, 0.2) is 11.5 Å². The summed E-state index contributed by atoms with van der Waals surface area (Å²) in [4.78, 5) is 29.3. The molecule has 4 rings (SSSR count). The van der Waals surface area contributed by atoms with E-state index in [0.29, 0.717) is 23.5 Å². The van der Waals surface area contributed by atoms with Crippen LogP contribution in [-0.4, -0.2) is 48.0 Å². The maximum atomic E-state index is 13.5. The van der Waals surface area contributed by atoms with Crippen LogP contribution in [-0.2, 0) is 20.7 Å². The Balaban J connectivity index is 1.61. The molecule has 3 N–H and O–H groups in total. The van der Waals surface area contributed by atoms with Gasteiger partial charge in [-0.25, -0.2) is 4.79 Å². The Labute approximate surface area is 198 Å². The van der Waals surface area contributed by atoms with E-state index in [9.17, 15) is 14.7 Å². The first-order chi connectivity index (χ1) is 16.4. The molecule has 0 saturated carbocycles. The van der Waals surface area contributed by atoms with Crippen molar-refractivity contribution in [3.63, 3.8) is 0 Å². The zero-order chi connectivity index (χ0) is 24.2. The molecule has 8 nitrogen and oxygen atoms in total. The van der Waals surface area contributed by atoms with E-state index in [1.807, 2.05) is 44.3 Å². The summed E-state index contributed by atoms with van der Waals surface area (Å²) in [5.74, 6) is -0.624. The molecule has 2 unspecified atom stereocenters. The number of nitrogens with one attached hydrogen (secondary N) is 2. The maximum absolute atomic E-state index is 13.5. The second-order valence-corrected chi connectivity index (χ2v) is 8.94. The molecule has 3 aromatic rings. The van der Waals surface area contributed by atoms with Gasteiger partial charge in [0.1, 0.15) is 6.04 Å². The molecule has 1 aromatic heterocycles. The van der Waals surface area contributed by atoms with Gasteiger partial charge >= 0.3 is 5.97 Å². The third kappa shape index (κ3) is 5.02. The molecule has 2 aromatic carbocycles. The van der Waals surface area contributed by atoms with Crippen LogP contribution in [0.3, 0.4) is 0 Å². The summed E-state index contributed by atoms with van der Waals surface area (Å²) in [5.41, 5.74) is 2.41. The van der Waals surface area contributed by atoms with Crippen molar-refractivity contribution in [2.75, 3.05) is 13.9 Å². The van der Waals surface area contributed by atoms with E-state index in [1.165, 1.54) is 7.11 Å². The number of hydrogen-bond acceptors (Lipinski definition) is 6. The Morgan fingerprint density at radius 1 is 1.15 bits per heavy atom. The molecular weight excluding hydrogens is 436 g/mol. The number of carbonyl (C=O) groups excluding carboxylic acids is 2. The van der Waals surface area contributed by atoms with Gasteiger partial charge in [-0.1, -0.05) is 38.1 Å². The fraction of sp³-hybridized carbons (Fsp3) is 0.385. The van der Waals surface area contributed by atoms with Crippen LogP contribution in [0.4, 0.5) is 0 Å². The Bertz CT molecular complexity index is 1170. The normalized spacial score (nSPS) is 15.2. The first-order valence-electron chi connectivity index (χ1n) is 11.4. The van der Waals surface area contributed by atoms with Crippen molar-refractivity contribution in [2.45, 2.75) is 44.8 Å². The van der Waals surface area contributed by atoms with Gasteiger partial charge in [-0.3, -0.25) is 4.79 Å². The molecular formula is C26H30N2O6. The van der Waals surface area contributed by atoms with E-state index in [4.69, 9.17) is 14.2 Å². The lowest BCUT2D eigenvalue weighted by atomic mass is 9.87. The van der Waals surface area contributed by atoms with E-state index in [-0.39, 0.29) is 19.1 Å². The summed E-state index contributed by atoms with van der Waals surface area (Å²) in [7, 11) is 1.29. The van der Waals surface area contributed by atoms with E-state index in [2.05, 4.69) is 10.3 Å². The number of rotatable bonds is 9. The third-order valence-corrected chi connectivity index (χ3v) is 6.04. The van der Waals surface area contributed by atoms with Gasteiger partial charge in [-0.05, 0) is 41.7 Å². The molecule has 0 radical (unpaired) electrons. The first-order valence-corrected chi connectivity index (χ1v) is 11.4. The van der Waals surface area contributed by atoms with Gasteiger partial charge in [0, 0.05) is 23.5 Å². The molecule has 0 bridgehead atoms. The quantitative estimate of drug-likeness (QED) is 0.418. The van der Waals surface area contributed by atoms with E-state index < -0.39 is 29.9 Å². The van der Waals surface area contributed by atoms with E-state index in [0.717, 1.165) is 16.5 Å². The fourth-order valence-electron chi connectivity index (χ4n) is 4.39. The SMILES string of the molecule is COC(=O)[C@H](Cc1c[nH]c2ccccc12)NC(=O)C(c1ccc2c(c1)OCO2)C(O)CC(C)C. The standard InChI is InChI=1S/C26H30N2O6/c1-15(2)10-21(29)24(16-8-9-22-23(12-16)34-14-33-22)25(30)28-20(26(31)32-3)11-17-13-27-19-7-5-4-6-18(17)19/h4-9,12-13,15,20-21,24,27,29H,10-11,14H2,1-3H3,(H,28,30)/t20-,21?,24?/m0/s1. The number of fused-ring (bicyclic) bond motifs is 2. The van der Waals surface area contributed by atoms with Crippen LogP contribution < -0.4 is 14.8 Å². The molecule has 1 aliphatic heterocycles. The second-order valence-electron chi connectivity index (χ2n) is 8.94. The highest BCUT2D eigenvalue weighted by Crippen LogP contribution is 2.36. The number of aromatic nitrogens is 1. The van der Waals surface area contributed by atoms with Crippen molar-refractivity contribution >= 4 is 22.8 Å². The lowest BCUT2D eigenvalue weighted by Gasteiger charge is -2.26. The zero-order valence-corrected chi connectivity index (χ0v) is 19.5. The van der Waals surface area contributed by atoms with Gasteiger partial charge in [-0.2, -0.15) is 0 Å². The van der Waals surface area contributed by atoms with Gasteiger partial charge in [0.2, 0.25) is 12.7 Å². The Morgan fingerprint density at radius 2 is 1.91 bits per heavy atom. The first kappa shape index (κ1) is 23.6. The zero-order valence-electron chi connectivity index (χ0n) is 19.5. The number of para-hydroxylation sites is 1. The number of H-pyrrole nitrogens is 1. The third-order valence-electron chi connectivity index (χ3n) is 6.04.